The number of hydrogen-bond acceptors (Lipinski definition) is 5. The third-order valence-electron chi connectivity index (χ3n) is 5.43. The van der Waals surface area contributed by atoms with Crippen LogP contribution in [0.2, 0.25) is 0 Å². The van der Waals surface area contributed by atoms with Gasteiger partial charge in [-0.2, -0.15) is 0 Å². The summed E-state index contributed by atoms with van der Waals surface area (Å²) in [6, 6.07) is 9.60. The molecule has 1 aliphatic rings. The first-order chi connectivity index (χ1) is 13.9. The molecule has 2 aromatic heterocycles. The van der Waals surface area contributed by atoms with Gasteiger partial charge >= 0.3 is 11.2 Å². The number of nitroso groups, excluding NO2 is 1. The maximum Gasteiger partial charge on any atom is 0.344 e. The number of fused-ring (bicyclic) bond motifs is 1. The van der Waals surface area contributed by atoms with E-state index in [-0.39, 0.29) is 17.2 Å². The van der Waals surface area contributed by atoms with Gasteiger partial charge in [0.15, 0.2) is 7.05 Å². The minimum absolute atomic E-state index is 0.0329. The lowest BCUT2D eigenvalue weighted by atomic mass is 10.1. The number of thiophene rings is 1. The number of piperazine rings is 1. The average molecular weight is 412 g/mol. The Labute approximate surface area is 172 Å². The number of rotatable bonds is 3. The lowest BCUT2D eigenvalue weighted by Gasteiger charge is -2.36. The van der Waals surface area contributed by atoms with Gasteiger partial charge in [0.2, 0.25) is 0 Å². The van der Waals surface area contributed by atoms with Crippen LogP contribution in [0, 0.1) is 11.8 Å². The molecular weight excluding hydrogens is 388 g/mol. The van der Waals surface area contributed by atoms with Crippen molar-refractivity contribution in [1.82, 2.24) is 9.47 Å². The van der Waals surface area contributed by atoms with Crippen molar-refractivity contribution in [3.63, 3.8) is 0 Å². The quantitative estimate of drug-likeness (QED) is 0.622. The van der Waals surface area contributed by atoms with E-state index in [2.05, 4.69) is 4.90 Å². The summed E-state index contributed by atoms with van der Waals surface area (Å²) >= 11 is 1.44. The molecular formula is C21H23N4O3S+. The lowest BCUT2D eigenvalue weighted by molar-refractivity contribution is -0.428. The fourth-order valence-corrected chi connectivity index (χ4v) is 4.61. The van der Waals surface area contributed by atoms with Crippen LogP contribution in [-0.4, -0.2) is 53.4 Å². The third kappa shape index (κ3) is 3.33. The van der Waals surface area contributed by atoms with Crippen molar-refractivity contribution in [2.24, 2.45) is 7.05 Å². The van der Waals surface area contributed by atoms with Gasteiger partial charge in [-0.3, -0.25) is 9.59 Å². The zero-order chi connectivity index (χ0) is 20.7. The van der Waals surface area contributed by atoms with E-state index in [9.17, 15) is 14.5 Å². The first kappa shape index (κ1) is 19.3. The molecule has 0 saturated carbocycles. The highest BCUT2D eigenvalue weighted by atomic mass is 32.1. The molecule has 1 aliphatic heterocycles. The maximum atomic E-state index is 12.9. The molecule has 1 aromatic carbocycles. The number of hydrogen-bond donors (Lipinski definition) is 0. The molecule has 3 aromatic rings. The Kier molecular flexibility index (Phi) is 4.96. The molecule has 1 fully saturated rings. The van der Waals surface area contributed by atoms with Crippen LogP contribution in [-0.2, 0) is 7.05 Å². The summed E-state index contributed by atoms with van der Waals surface area (Å²) in [6.45, 7) is 4.21. The van der Waals surface area contributed by atoms with Gasteiger partial charge in [-0.05, 0) is 30.5 Å². The topological polar surface area (TPSA) is 65.6 Å². The lowest BCUT2D eigenvalue weighted by Crippen LogP contribution is -2.49. The number of carbonyl (C=O) groups is 1. The van der Waals surface area contributed by atoms with Crippen LogP contribution in [0.4, 0.5) is 11.4 Å². The largest absolute Gasteiger partial charge is 0.362 e. The van der Waals surface area contributed by atoms with Crippen molar-refractivity contribution in [3.05, 3.63) is 61.4 Å². The predicted molar refractivity (Wildman–Crippen MR) is 116 cm³/mol. The Balaban J connectivity index is 1.74. The van der Waals surface area contributed by atoms with E-state index in [1.54, 1.807) is 7.05 Å². The van der Waals surface area contributed by atoms with Gasteiger partial charge in [-0.25, -0.2) is 0 Å². The van der Waals surface area contributed by atoms with E-state index < -0.39 is 0 Å². The summed E-state index contributed by atoms with van der Waals surface area (Å²) in [5.41, 5.74) is 2.34. The standard InChI is InChI=1S/C21H23N4O3S/c1-14-6-7-16-15(13-14)18(19(23(3)28)21(27)22(16)2)24-8-10-25(11-9-24)20(26)17-5-4-12-29-17/h4-7,12-13H,8-11H2,1-3H3/q+1. The number of benzene rings is 1. The second kappa shape index (κ2) is 7.44. The second-order valence-electron chi connectivity index (χ2n) is 7.34. The maximum absolute atomic E-state index is 12.9. The first-order valence-electron chi connectivity index (χ1n) is 9.50. The van der Waals surface area contributed by atoms with Crippen molar-refractivity contribution in [3.8, 4) is 0 Å². The molecule has 7 nitrogen and oxygen atoms in total. The van der Waals surface area contributed by atoms with E-state index in [1.165, 1.54) is 23.0 Å². The number of anilines is 1. The van der Waals surface area contributed by atoms with Crippen LogP contribution in [0.25, 0.3) is 10.9 Å². The number of aryl methyl sites for hydroxylation is 2. The fraction of sp³-hybridized carbons (Fsp3) is 0.333. The number of carbonyl (C=O) groups excluding carboxylic acids is 1. The van der Waals surface area contributed by atoms with Crippen LogP contribution in [0.3, 0.4) is 0 Å². The first-order valence-corrected chi connectivity index (χ1v) is 10.4. The van der Waals surface area contributed by atoms with Gasteiger partial charge in [0, 0.05) is 48.3 Å². The molecule has 0 N–H and O–H groups in total. The van der Waals surface area contributed by atoms with Gasteiger partial charge in [0.05, 0.1) is 10.4 Å². The molecule has 1 saturated heterocycles. The number of amides is 1. The fourth-order valence-electron chi connectivity index (χ4n) is 3.92. The Morgan fingerprint density at radius 1 is 1.14 bits per heavy atom. The summed E-state index contributed by atoms with van der Waals surface area (Å²) in [5.74, 6) is 0.0329. The second-order valence-corrected chi connectivity index (χ2v) is 8.28. The zero-order valence-electron chi connectivity index (χ0n) is 16.7. The monoisotopic (exact) mass is 411 g/mol. The van der Waals surface area contributed by atoms with E-state index in [1.807, 2.05) is 47.5 Å². The van der Waals surface area contributed by atoms with Crippen LogP contribution in [0.1, 0.15) is 15.2 Å². The Morgan fingerprint density at radius 3 is 2.48 bits per heavy atom. The van der Waals surface area contributed by atoms with E-state index >= 15 is 0 Å². The minimum atomic E-state index is -0.314. The molecule has 150 valence electrons. The number of nitrogens with zero attached hydrogens (tertiary/aromatic N) is 4. The third-order valence-corrected chi connectivity index (χ3v) is 6.29. The molecule has 0 radical (unpaired) electrons. The normalized spacial score (nSPS) is 14.4. The molecule has 8 heteroatoms. The SMILES string of the molecule is Cc1ccc2c(c1)c(N1CCN(C(=O)c3cccs3)CC1)c([N+](C)=O)c(=O)n2C. The van der Waals surface area contributed by atoms with Crippen molar-refractivity contribution < 1.29 is 9.55 Å². The van der Waals surface area contributed by atoms with Crippen molar-refractivity contribution in [1.29, 1.82) is 0 Å². The van der Waals surface area contributed by atoms with E-state index in [0.717, 1.165) is 21.3 Å². The van der Waals surface area contributed by atoms with Gasteiger partial charge in [-0.15, -0.1) is 11.3 Å². The number of aromatic nitrogens is 1. The molecule has 0 spiro atoms. The highest BCUT2D eigenvalue weighted by Crippen LogP contribution is 2.34. The zero-order valence-corrected chi connectivity index (χ0v) is 17.5. The van der Waals surface area contributed by atoms with Gasteiger partial charge in [0.25, 0.3) is 5.91 Å². The molecule has 0 bridgehead atoms. The number of pyridine rings is 1. The Bertz CT molecular complexity index is 1160. The molecule has 29 heavy (non-hydrogen) atoms. The van der Waals surface area contributed by atoms with Gasteiger partial charge < -0.3 is 14.4 Å². The molecule has 0 unspecified atom stereocenters. The van der Waals surface area contributed by atoms with Crippen LogP contribution < -0.4 is 10.5 Å². The van der Waals surface area contributed by atoms with Crippen LogP contribution in [0.15, 0.2) is 40.5 Å². The highest BCUT2D eigenvalue weighted by Gasteiger charge is 2.32. The predicted octanol–water partition coefficient (Wildman–Crippen LogP) is 2.91. The van der Waals surface area contributed by atoms with Gasteiger partial charge in [-0.1, -0.05) is 17.7 Å². The molecule has 1 amide bonds. The van der Waals surface area contributed by atoms with Crippen LogP contribution >= 0.6 is 11.3 Å². The minimum Gasteiger partial charge on any atom is -0.362 e. The van der Waals surface area contributed by atoms with Crippen molar-refractivity contribution in [2.75, 3.05) is 38.1 Å². The molecule has 0 aliphatic carbocycles. The summed E-state index contributed by atoms with van der Waals surface area (Å²) in [7, 11) is 3.05. The van der Waals surface area contributed by atoms with Gasteiger partial charge in [0.1, 0.15) is 5.69 Å². The summed E-state index contributed by atoms with van der Waals surface area (Å²) in [6.07, 6.45) is 0. The molecule has 3 heterocycles. The Morgan fingerprint density at radius 2 is 1.86 bits per heavy atom. The summed E-state index contributed by atoms with van der Waals surface area (Å²) < 4.78 is 2.18. The average Bonchev–Trinajstić information content (AvgIpc) is 3.24. The van der Waals surface area contributed by atoms with E-state index in [0.29, 0.717) is 36.6 Å². The van der Waals surface area contributed by atoms with Crippen molar-refractivity contribution >= 4 is 39.5 Å². The smallest absolute Gasteiger partial charge is 0.344 e. The molecule has 0 atom stereocenters. The Hall–Kier alpha value is -3.00. The summed E-state index contributed by atoms with van der Waals surface area (Å²) in [4.78, 5) is 42.5. The van der Waals surface area contributed by atoms with E-state index in [4.69, 9.17) is 0 Å². The van der Waals surface area contributed by atoms with Crippen LogP contribution in [0.5, 0.6) is 0 Å². The summed E-state index contributed by atoms with van der Waals surface area (Å²) in [5, 5.41) is 2.77. The van der Waals surface area contributed by atoms with Crippen molar-refractivity contribution in [2.45, 2.75) is 6.92 Å². The molecule has 4 rings (SSSR count). The highest BCUT2D eigenvalue weighted by molar-refractivity contribution is 7.12.